The van der Waals surface area contributed by atoms with Crippen molar-refractivity contribution in [2.45, 2.75) is 26.2 Å². The molecule has 1 amide bonds. The molecular weight excluding hydrogens is 226 g/mol. The Labute approximate surface area is 101 Å². The van der Waals surface area contributed by atoms with Crippen LogP contribution in [0.5, 0.6) is 5.75 Å². The number of halogens is 1. The van der Waals surface area contributed by atoms with E-state index < -0.39 is 6.09 Å². The summed E-state index contributed by atoms with van der Waals surface area (Å²) >= 11 is 5.94. The molecule has 1 N–H and O–H groups in total. The summed E-state index contributed by atoms with van der Waals surface area (Å²) in [4.78, 5) is 11.2. The van der Waals surface area contributed by atoms with Gasteiger partial charge in [0.05, 0.1) is 0 Å². The quantitative estimate of drug-likeness (QED) is 0.819. The van der Waals surface area contributed by atoms with E-state index in [0.717, 1.165) is 5.56 Å². The summed E-state index contributed by atoms with van der Waals surface area (Å²) in [6.07, 6.45) is -0.479. The van der Waals surface area contributed by atoms with Gasteiger partial charge in [-0.1, -0.05) is 32.4 Å². The third-order valence-electron chi connectivity index (χ3n) is 2.16. The Morgan fingerprint density at radius 1 is 1.38 bits per heavy atom. The monoisotopic (exact) mass is 241 g/mol. The van der Waals surface area contributed by atoms with Gasteiger partial charge in [-0.2, -0.15) is 0 Å². The Balaban J connectivity index is 3.13. The van der Waals surface area contributed by atoms with Crippen molar-refractivity contribution < 1.29 is 9.53 Å². The van der Waals surface area contributed by atoms with E-state index >= 15 is 0 Å². The lowest BCUT2D eigenvalue weighted by Gasteiger charge is -2.22. The second kappa shape index (κ2) is 4.74. The van der Waals surface area contributed by atoms with Crippen LogP contribution in [0.15, 0.2) is 18.2 Å². The summed E-state index contributed by atoms with van der Waals surface area (Å²) < 4.78 is 5.17. The van der Waals surface area contributed by atoms with E-state index in [2.05, 4.69) is 5.32 Å². The average Bonchev–Trinajstić information content (AvgIpc) is 2.19. The topological polar surface area (TPSA) is 38.3 Å². The number of carbonyl (C=O) groups is 1. The molecule has 88 valence electrons. The Morgan fingerprint density at radius 3 is 2.50 bits per heavy atom. The smallest absolute Gasteiger partial charge is 0.410 e. The fourth-order valence-electron chi connectivity index (χ4n) is 1.33. The van der Waals surface area contributed by atoms with Crippen LogP contribution in [-0.2, 0) is 5.41 Å². The Morgan fingerprint density at radius 2 is 2.00 bits per heavy atom. The van der Waals surface area contributed by atoms with Gasteiger partial charge in [0.15, 0.2) is 0 Å². The third kappa shape index (κ3) is 3.14. The predicted molar refractivity (Wildman–Crippen MR) is 65.2 cm³/mol. The van der Waals surface area contributed by atoms with Gasteiger partial charge >= 0.3 is 6.09 Å². The highest BCUT2D eigenvalue weighted by atomic mass is 35.5. The van der Waals surface area contributed by atoms with Crippen LogP contribution in [0.3, 0.4) is 0 Å². The van der Waals surface area contributed by atoms with Gasteiger partial charge in [0.25, 0.3) is 0 Å². The summed E-state index contributed by atoms with van der Waals surface area (Å²) in [5.41, 5.74) is 0.775. The molecule has 0 aliphatic carbocycles. The van der Waals surface area contributed by atoms with E-state index in [-0.39, 0.29) is 5.41 Å². The van der Waals surface area contributed by atoms with Crippen LogP contribution < -0.4 is 10.1 Å². The fourth-order valence-corrected chi connectivity index (χ4v) is 1.50. The van der Waals surface area contributed by atoms with Gasteiger partial charge in [-0.3, -0.25) is 0 Å². The van der Waals surface area contributed by atoms with Crippen molar-refractivity contribution in [1.29, 1.82) is 0 Å². The SMILES string of the molecule is CNC(=O)Oc1ccc(Cl)cc1C(C)(C)C. The van der Waals surface area contributed by atoms with Gasteiger partial charge in [-0.25, -0.2) is 4.79 Å². The van der Waals surface area contributed by atoms with Crippen LogP contribution in [0, 0.1) is 0 Å². The molecule has 1 aromatic rings. The molecule has 0 aliphatic heterocycles. The second-order valence-corrected chi connectivity index (χ2v) is 4.97. The van der Waals surface area contributed by atoms with Crippen molar-refractivity contribution in [3.63, 3.8) is 0 Å². The highest BCUT2D eigenvalue weighted by molar-refractivity contribution is 6.30. The molecule has 1 aromatic carbocycles. The molecule has 0 aromatic heterocycles. The maximum absolute atomic E-state index is 11.2. The zero-order valence-corrected chi connectivity index (χ0v) is 10.7. The van der Waals surface area contributed by atoms with Crippen LogP contribution in [0.2, 0.25) is 5.02 Å². The van der Waals surface area contributed by atoms with Gasteiger partial charge in [0.1, 0.15) is 5.75 Å². The maximum atomic E-state index is 11.2. The van der Waals surface area contributed by atoms with E-state index in [4.69, 9.17) is 16.3 Å². The number of rotatable bonds is 1. The molecule has 3 nitrogen and oxygen atoms in total. The molecule has 0 heterocycles. The van der Waals surface area contributed by atoms with Gasteiger partial charge in [-0.15, -0.1) is 0 Å². The van der Waals surface area contributed by atoms with Crippen LogP contribution in [-0.4, -0.2) is 13.1 Å². The number of amides is 1. The summed E-state index contributed by atoms with van der Waals surface area (Å²) in [5.74, 6) is 0.538. The summed E-state index contributed by atoms with van der Waals surface area (Å²) in [6, 6.07) is 5.23. The van der Waals surface area contributed by atoms with E-state index in [1.165, 1.54) is 7.05 Å². The van der Waals surface area contributed by atoms with E-state index in [9.17, 15) is 4.79 Å². The molecule has 0 atom stereocenters. The maximum Gasteiger partial charge on any atom is 0.412 e. The minimum atomic E-state index is -0.479. The van der Waals surface area contributed by atoms with Gasteiger partial charge < -0.3 is 10.1 Å². The van der Waals surface area contributed by atoms with Crippen LogP contribution >= 0.6 is 11.6 Å². The molecule has 0 bridgehead atoms. The lowest BCUT2D eigenvalue weighted by Crippen LogP contribution is -2.24. The largest absolute Gasteiger partial charge is 0.412 e. The normalized spacial score (nSPS) is 11.1. The zero-order valence-electron chi connectivity index (χ0n) is 9.93. The number of ether oxygens (including phenoxy) is 1. The molecule has 0 saturated heterocycles. The van der Waals surface area contributed by atoms with Gasteiger partial charge in [-0.05, 0) is 23.6 Å². The average molecular weight is 242 g/mol. The van der Waals surface area contributed by atoms with Crippen molar-refractivity contribution in [3.05, 3.63) is 28.8 Å². The molecule has 4 heteroatoms. The summed E-state index contributed by atoms with van der Waals surface area (Å²) in [5, 5.41) is 3.05. The molecule has 0 fully saturated rings. The Hall–Kier alpha value is -1.22. The van der Waals surface area contributed by atoms with E-state index in [1.54, 1.807) is 12.1 Å². The number of hydrogen-bond acceptors (Lipinski definition) is 2. The summed E-state index contributed by atoms with van der Waals surface area (Å²) in [7, 11) is 1.52. The first-order valence-corrected chi connectivity index (χ1v) is 5.42. The minimum absolute atomic E-state index is 0.131. The predicted octanol–water partition coefficient (Wildman–Crippen LogP) is 3.36. The van der Waals surface area contributed by atoms with Crippen LogP contribution in [0.4, 0.5) is 4.79 Å². The summed E-state index contributed by atoms with van der Waals surface area (Å²) in [6.45, 7) is 6.11. The van der Waals surface area contributed by atoms with Crippen molar-refractivity contribution >= 4 is 17.7 Å². The standard InChI is InChI=1S/C12H16ClNO2/c1-12(2,3)9-7-8(13)5-6-10(9)16-11(15)14-4/h5-7H,1-4H3,(H,14,15). The fraction of sp³-hybridized carbons (Fsp3) is 0.417. The molecular formula is C12H16ClNO2. The van der Waals surface area contributed by atoms with Gasteiger partial charge in [0, 0.05) is 17.6 Å². The number of hydrogen-bond donors (Lipinski definition) is 1. The van der Waals surface area contributed by atoms with Crippen LogP contribution in [0.25, 0.3) is 0 Å². The first kappa shape index (κ1) is 12.8. The first-order valence-electron chi connectivity index (χ1n) is 5.04. The number of benzene rings is 1. The highest BCUT2D eigenvalue weighted by Gasteiger charge is 2.20. The molecule has 0 spiro atoms. The molecule has 0 unspecified atom stereocenters. The number of carbonyl (C=O) groups excluding carboxylic acids is 1. The molecule has 1 rings (SSSR count). The lowest BCUT2D eigenvalue weighted by molar-refractivity contribution is 0.202. The van der Waals surface area contributed by atoms with Crippen molar-refractivity contribution in [2.75, 3.05) is 7.05 Å². The molecule has 0 aliphatic rings. The first-order chi connectivity index (χ1) is 7.34. The van der Waals surface area contributed by atoms with Crippen molar-refractivity contribution in [2.24, 2.45) is 0 Å². The minimum Gasteiger partial charge on any atom is -0.410 e. The van der Waals surface area contributed by atoms with Gasteiger partial charge in [0.2, 0.25) is 0 Å². The number of nitrogens with one attached hydrogen (secondary N) is 1. The zero-order chi connectivity index (χ0) is 12.3. The molecule has 16 heavy (non-hydrogen) atoms. The highest BCUT2D eigenvalue weighted by Crippen LogP contribution is 2.33. The Bertz CT molecular complexity index is 396. The van der Waals surface area contributed by atoms with Crippen molar-refractivity contribution in [1.82, 2.24) is 5.32 Å². The van der Waals surface area contributed by atoms with Crippen molar-refractivity contribution in [3.8, 4) is 5.75 Å². The van der Waals surface area contributed by atoms with E-state index in [0.29, 0.717) is 10.8 Å². The molecule has 0 saturated carbocycles. The lowest BCUT2D eigenvalue weighted by atomic mass is 9.86. The van der Waals surface area contributed by atoms with Crippen LogP contribution in [0.1, 0.15) is 26.3 Å². The second-order valence-electron chi connectivity index (χ2n) is 4.53. The Kier molecular flexibility index (Phi) is 3.81. The van der Waals surface area contributed by atoms with E-state index in [1.807, 2.05) is 26.8 Å². The molecule has 0 radical (unpaired) electrons. The third-order valence-corrected chi connectivity index (χ3v) is 2.39.